The van der Waals surface area contributed by atoms with Crippen LogP contribution in [0.1, 0.15) is 76.0 Å². The lowest BCUT2D eigenvalue weighted by molar-refractivity contribution is -0.121. The third-order valence-electron chi connectivity index (χ3n) is 4.50. The maximum Gasteiger partial charge on any atom is 0.240 e. The average Bonchev–Trinajstić information content (AvgIpc) is 2.72. The van der Waals surface area contributed by atoms with Gasteiger partial charge in [-0.05, 0) is 18.6 Å². The zero-order chi connectivity index (χ0) is 19.2. The van der Waals surface area contributed by atoms with Crippen LogP contribution in [0.5, 0.6) is 0 Å². The van der Waals surface area contributed by atoms with Crippen molar-refractivity contribution in [3.05, 3.63) is 66.0 Å². The van der Waals surface area contributed by atoms with E-state index >= 15 is 0 Å². The van der Waals surface area contributed by atoms with Gasteiger partial charge in [0.25, 0.3) is 0 Å². The van der Waals surface area contributed by atoms with Gasteiger partial charge in [-0.25, -0.2) is 5.43 Å². The van der Waals surface area contributed by atoms with Gasteiger partial charge in [0, 0.05) is 18.2 Å². The molecular formula is C23H31N3O. The van der Waals surface area contributed by atoms with Gasteiger partial charge in [-0.2, -0.15) is 5.10 Å². The fourth-order valence-electron chi connectivity index (χ4n) is 2.96. The molecule has 0 saturated carbocycles. The summed E-state index contributed by atoms with van der Waals surface area (Å²) >= 11 is 0. The number of aromatic nitrogens is 1. The van der Waals surface area contributed by atoms with Crippen LogP contribution >= 0.6 is 0 Å². The van der Waals surface area contributed by atoms with Crippen LogP contribution in [0.2, 0.25) is 0 Å². The van der Waals surface area contributed by atoms with E-state index in [9.17, 15) is 4.79 Å². The van der Waals surface area contributed by atoms with Gasteiger partial charge in [0.05, 0.1) is 5.69 Å². The van der Waals surface area contributed by atoms with Crippen molar-refractivity contribution in [2.75, 3.05) is 0 Å². The molecule has 0 fully saturated rings. The van der Waals surface area contributed by atoms with E-state index in [1.165, 1.54) is 38.5 Å². The predicted octanol–water partition coefficient (Wildman–Crippen LogP) is 5.48. The first kappa shape index (κ1) is 20.8. The Balaban J connectivity index is 1.81. The molecule has 0 saturated heterocycles. The molecule has 0 radical (unpaired) electrons. The van der Waals surface area contributed by atoms with E-state index in [0.717, 1.165) is 24.1 Å². The van der Waals surface area contributed by atoms with Gasteiger partial charge in [-0.3, -0.25) is 9.78 Å². The molecule has 0 aliphatic heterocycles. The Morgan fingerprint density at radius 3 is 2.22 bits per heavy atom. The van der Waals surface area contributed by atoms with Crippen LogP contribution in [0, 0.1) is 0 Å². The first-order chi connectivity index (χ1) is 13.3. The second-order valence-electron chi connectivity index (χ2n) is 6.80. The van der Waals surface area contributed by atoms with E-state index in [-0.39, 0.29) is 5.91 Å². The topological polar surface area (TPSA) is 54.4 Å². The van der Waals surface area contributed by atoms with Gasteiger partial charge in [-0.15, -0.1) is 0 Å². The molecule has 4 heteroatoms. The standard InChI is InChI=1S/C23H31N3O/c1-2-3-4-5-6-7-8-12-18-22(27)25-26-23(20-15-10-9-11-16-20)21-17-13-14-19-24-21/h9-11,13-17,19H,2-8,12,18H2,1H3,(H,25,27)/b26-23-. The molecule has 0 unspecified atom stereocenters. The number of pyridine rings is 1. The number of nitrogens with zero attached hydrogens (tertiary/aromatic N) is 2. The van der Waals surface area contributed by atoms with Crippen molar-refractivity contribution in [3.63, 3.8) is 0 Å². The molecule has 1 amide bonds. The van der Waals surface area contributed by atoms with Crippen molar-refractivity contribution >= 4 is 11.6 Å². The summed E-state index contributed by atoms with van der Waals surface area (Å²) in [4.78, 5) is 16.5. The van der Waals surface area contributed by atoms with Crippen molar-refractivity contribution in [1.82, 2.24) is 10.4 Å². The quantitative estimate of drug-likeness (QED) is 0.307. The second-order valence-corrected chi connectivity index (χ2v) is 6.80. The van der Waals surface area contributed by atoms with E-state index in [1.54, 1.807) is 6.20 Å². The summed E-state index contributed by atoms with van der Waals surface area (Å²) in [6.45, 7) is 2.23. The molecule has 0 aliphatic carbocycles. The largest absolute Gasteiger partial charge is 0.273 e. The smallest absolute Gasteiger partial charge is 0.240 e. The maximum atomic E-state index is 12.1. The molecule has 1 N–H and O–H groups in total. The van der Waals surface area contributed by atoms with Crippen LogP contribution < -0.4 is 5.43 Å². The Kier molecular flexibility index (Phi) is 9.87. The lowest BCUT2D eigenvalue weighted by Crippen LogP contribution is -2.20. The highest BCUT2D eigenvalue weighted by atomic mass is 16.2. The van der Waals surface area contributed by atoms with Gasteiger partial charge in [0.2, 0.25) is 5.91 Å². The lowest BCUT2D eigenvalue weighted by atomic mass is 10.1. The van der Waals surface area contributed by atoms with Crippen LogP contribution in [0.25, 0.3) is 0 Å². The molecule has 0 atom stereocenters. The number of hydrogen-bond acceptors (Lipinski definition) is 3. The van der Waals surface area contributed by atoms with Gasteiger partial charge in [-0.1, -0.05) is 88.3 Å². The molecule has 1 aromatic heterocycles. The SMILES string of the molecule is CCCCCCCCCCC(=O)N/N=C(/c1ccccc1)c1ccccn1. The molecule has 4 nitrogen and oxygen atoms in total. The van der Waals surface area contributed by atoms with Crippen LogP contribution in [-0.4, -0.2) is 16.6 Å². The number of amides is 1. The molecule has 144 valence electrons. The van der Waals surface area contributed by atoms with E-state index in [1.807, 2.05) is 48.5 Å². The fourth-order valence-corrected chi connectivity index (χ4v) is 2.96. The zero-order valence-electron chi connectivity index (χ0n) is 16.4. The number of rotatable bonds is 12. The van der Waals surface area contributed by atoms with Gasteiger partial charge >= 0.3 is 0 Å². The Morgan fingerprint density at radius 1 is 0.889 bits per heavy atom. The van der Waals surface area contributed by atoms with Crippen molar-refractivity contribution in [1.29, 1.82) is 0 Å². The van der Waals surface area contributed by atoms with Crippen molar-refractivity contribution in [2.24, 2.45) is 5.10 Å². The van der Waals surface area contributed by atoms with E-state index in [2.05, 4.69) is 22.4 Å². The van der Waals surface area contributed by atoms with Gasteiger partial charge < -0.3 is 0 Å². The fraction of sp³-hybridized carbons (Fsp3) is 0.435. The maximum absolute atomic E-state index is 12.1. The Hall–Kier alpha value is -2.49. The zero-order valence-corrected chi connectivity index (χ0v) is 16.4. The number of hydrazone groups is 1. The lowest BCUT2D eigenvalue weighted by Gasteiger charge is -2.07. The number of hydrogen-bond donors (Lipinski definition) is 1. The monoisotopic (exact) mass is 365 g/mol. The summed E-state index contributed by atoms with van der Waals surface area (Å²) in [5.74, 6) is -0.0367. The summed E-state index contributed by atoms with van der Waals surface area (Å²) in [5, 5.41) is 4.37. The van der Waals surface area contributed by atoms with E-state index in [4.69, 9.17) is 0 Å². The van der Waals surface area contributed by atoms with Gasteiger partial charge in [0.15, 0.2) is 0 Å². The molecular weight excluding hydrogens is 334 g/mol. The van der Waals surface area contributed by atoms with Gasteiger partial charge in [0.1, 0.15) is 5.71 Å². The van der Waals surface area contributed by atoms with Crippen LogP contribution in [-0.2, 0) is 4.79 Å². The Bertz CT molecular complexity index is 642. The van der Waals surface area contributed by atoms with Crippen LogP contribution in [0.4, 0.5) is 0 Å². The van der Waals surface area contributed by atoms with E-state index < -0.39 is 0 Å². The molecule has 0 bridgehead atoms. The summed E-state index contributed by atoms with van der Waals surface area (Å²) in [6, 6.07) is 15.5. The number of carbonyl (C=O) groups is 1. The first-order valence-electron chi connectivity index (χ1n) is 10.1. The minimum atomic E-state index is -0.0367. The van der Waals surface area contributed by atoms with Crippen LogP contribution in [0.15, 0.2) is 59.8 Å². The normalized spacial score (nSPS) is 11.4. The predicted molar refractivity (Wildman–Crippen MR) is 112 cm³/mol. The Morgan fingerprint density at radius 2 is 1.56 bits per heavy atom. The summed E-state index contributed by atoms with van der Waals surface area (Å²) < 4.78 is 0. The molecule has 2 rings (SSSR count). The summed E-state index contributed by atoms with van der Waals surface area (Å²) in [6.07, 6.45) is 12.0. The molecule has 0 aliphatic rings. The molecule has 2 aromatic rings. The second kappa shape index (κ2) is 12.8. The minimum Gasteiger partial charge on any atom is -0.273 e. The van der Waals surface area contributed by atoms with Crippen molar-refractivity contribution in [2.45, 2.75) is 64.7 Å². The summed E-state index contributed by atoms with van der Waals surface area (Å²) in [7, 11) is 0. The first-order valence-corrected chi connectivity index (χ1v) is 10.1. The van der Waals surface area contributed by atoms with E-state index in [0.29, 0.717) is 12.1 Å². The highest BCUT2D eigenvalue weighted by molar-refractivity contribution is 6.11. The third-order valence-corrected chi connectivity index (χ3v) is 4.50. The number of unbranched alkanes of at least 4 members (excludes halogenated alkanes) is 7. The average molecular weight is 366 g/mol. The minimum absolute atomic E-state index is 0.0367. The number of nitrogens with one attached hydrogen (secondary N) is 1. The highest BCUT2D eigenvalue weighted by Crippen LogP contribution is 2.10. The van der Waals surface area contributed by atoms with Crippen molar-refractivity contribution < 1.29 is 4.79 Å². The molecule has 1 aromatic carbocycles. The molecule has 1 heterocycles. The molecule has 27 heavy (non-hydrogen) atoms. The highest BCUT2D eigenvalue weighted by Gasteiger charge is 2.09. The molecule has 0 spiro atoms. The Labute approximate surface area is 163 Å². The van der Waals surface area contributed by atoms with Crippen LogP contribution in [0.3, 0.4) is 0 Å². The number of carbonyl (C=O) groups excluding carboxylic acids is 1. The summed E-state index contributed by atoms with van der Waals surface area (Å²) in [5.41, 5.74) is 5.07. The van der Waals surface area contributed by atoms with Crippen molar-refractivity contribution in [3.8, 4) is 0 Å². The number of benzene rings is 1. The third kappa shape index (κ3) is 8.16.